The molecule has 122 valence electrons. The molecule has 0 saturated heterocycles. The molecule has 0 bridgehead atoms. The van der Waals surface area contributed by atoms with Gasteiger partial charge in [-0.15, -0.1) is 0 Å². The fraction of sp³-hybridized carbons (Fsp3) is 0.250. The van der Waals surface area contributed by atoms with Crippen LogP contribution in [-0.2, 0) is 6.42 Å². The first-order valence-corrected chi connectivity index (χ1v) is 8.70. The van der Waals surface area contributed by atoms with Gasteiger partial charge in [0.25, 0.3) is 0 Å². The monoisotopic (exact) mass is 336 g/mol. The van der Waals surface area contributed by atoms with Gasteiger partial charge in [-0.3, -0.25) is 0 Å². The number of benzene rings is 2. The topological polar surface area (TPSA) is 33.3 Å². The number of methoxy groups -OCH3 is 1. The van der Waals surface area contributed by atoms with E-state index < -0.39 is 0 Å². The first kappa shape index (κ1) is 15.2. The molecular formula is C20H20N2OS. The lowest BCUT2D eigenvalue weighted by Crippen LogP contribution is -2.43. The molecule has 3 nitrogen and oxygen atoms in total. The van der Waals surface area contributed by atoms with Crippen molar-refractivity contribution in [1.82, 2.24) is 10.6 Å². The molecule has 1 atom stereocenters. The van der Waals surface area contributed by atoms with Crippen molar-refractivity contribution < 1.29 is 4.74 Å². The van der Waals surface area contributed by atoms with Crippen molar-refractivity contribution in [3.8, 4) is 5.75 Å². The third-order valence-electron chi connectivity index (χ3n) is 4.81. The van der Waals surface area contributed by atoms with E-state index in [1.54, 1.807) is 7.11 Å². The maximum Gasteiger partial charge on any atom is 0.171 e. The minimum atomic E-state index is 0.116. The third-order valence-corrected chi connectivity index (χ3v) is 5.03. The fourth-order valence-electron chi connectivity index (χ4n) is 3.63. The van der Waals surface area contributed by atoms with E-state index in [0.717, 1.165) is 25.0 Å². The summed E-state index contributed by atoms with van der Waals surface area (Å²) < 4.78 is 5.28. The van der Waals surface area contributed by atoms with Gasteiger partial charge < -0.3 is 15.4 Å². The molecule has 24 heavy (non-hydrogen) atoms. The maximum atomic E-state index is 5.49. The SMILES string of the molecule is COc1ccc(C2NC(=S)NC3=C2CCCc2ccccc23)cc1. The molecule has 0 saturated carbocycles. The number of rotatable bonds is 2. The zero-order valence-electron chi connectivity index (χ0n) is 13.6. The molecule has 4 rings (SSSR count). The van der Waals surface area contributed by atoms with Crippen molar-refractivity contribution in [1.29, 1.82) is 0 Å². The van der Waals surface area contributed by atoms with Crippen molar-refractivity contribution in [2.24, 2.45) is 0 Å². The molecule has 2 aromatic carbocycles. The van der Waals surface area contributed by atoms with Crippen LogP contribution in [0.15, 0.2) is 54.1 Å². The van der Waals surface area contributed by atoms with Crippen LogP contribution < -0.4 is 15.4 Å². The van der Waals surface area contributed by atoms with Crippen LogP contribution in [0.5, 0.6) is 5.75 Å². The fourth-order valence-corrected chi connectivity index (χ4v) is 3.85. The highest BCUT2D eigenvalue weighted by atomic mass is 32.1. The summed E-state index contributed by atoms with van der Waals surface area (Å²) >= 11 is 5.49. The summed E-state index contributed by atoms with van der Waals surface area (Å²) in [6, 6.07) is 17.0. The Labute approximate surface area is 147 Å². The van der Waals surface area contributed by atoms with Gasteiger partial charge in [-0.2, -0.15) is 0 Å². The minimum absolute atomic E-state index is 0.116. The van der Waals surface area contributed by atoms with Gasteiger partial charge in [-0.05, 0) is 60.3 Å². The summed E-state index contributed by atoms with van der Waals surface area (Å²) in [5.74, 6) is 0.871. The average molecular weight is 336 g/mol. The van der Waals surface area contributed by atoms with Crippen LogP contribution in [0.4, 0.5) is 0 Å². The molecule has 0 aromatic heterocycles. The zero-order chi connectivity index (χ0) is 16.5. The smallest absolute Gasteiger partial charge is 0.171 e. The van der Waals surface area contributed by atoms with E-state index >= 15 is 0 Å². The van der Waals surface area contributed by atoms with Crippen LogP contribution in [0.3, 0.4) is 0 Å². The Kier molecular flexibility index (Phi) is 3.98. The van der Waals surface area contributed by atoms with E-state index in [9.17, 15) is 0 Å². The summed E-state index contributed by atoms with van der Waals surface area (Å²) in [6.45, 7) is 0. The van der Waals surface area contributed by atoms with Crippen LogP contribution in [0.2, 0.25) is 0 Å². The minimum Gasteiger partial charge on any atom is -0.497 e. The second-order valence-electron chi connectivity index (χ2n) is 6.22. The average Bonchev–Trinajstić information content (AvgIpc) is 2.81. The lowest BCUT2D eigenvalue weighted by molar-refractivity contribution is 0.414. The predicted molar refractivity (Wildman–Crippen MR) is 101 cm³/mol. The van der Waals surface area contributed by atoms with E-state index in [0.29, 0.717) is 5.11 Å². The molecule has 0 amide bonds. The number of fused-ring (bicyclic) bond motifs is 2. The Balaban J connectivity index is 1.82. The molecule has 1 aliphatic heterocycles. The molecule has 2 N–H and O–H groups in total. The molecular weight excluding hydrogens is 316 g/mol. The first-order valence-electron chi connectivity index (χ1n) is 8.29. The zero-order valence-corrected chi connectivity index (χ0v) is 14.5. The Hall–Kier alpha value is -2.33. The molecule has 0 radical (unpaired) electrons. The highest BCUT2D eigenvalue weighted by molar-refractivity contribution is 7.80. The van der Waals surface area contributed by atoms with Crippen LogP contribution in [-0.4, -0.2) is 12.2 Å². The van der Waals surface area contributed by atoms with Gasteiger partial charge in [0.15, 0.2) is 5.11 Å². The second-order valence-corrected chi connectivity index (χ2v) is 6.62. The van der Waals surface area contributed by atoms with E-state index in [-0.39, 0.29) is 6.04 Å². The van der Waals surface area contributed by atoms with Crippen molar-refractivity contribution in [2.75, 3.05) is 7.11 Å². The van der Waals surface area contributed by atoms with E-state index in [1.807, 2.05) is 12.1 Å². The normalized spacial score (nSPS) is 19.5. The standard InChI is InChI=1S/C20H20N2OS/c1-23-15-11-9-14(10-12-15)18-17-8-4-6-13-5-2-3-7-16(13)19(17)22-20(24)21-18/h2-3,5,7,9-12,18H,4,6,8H2,1H3,(H2,21,22,24). The number of hydrogen-bond acceptors (Lipinski definition) is 2. The van der Waals surface area contributed by atoms with Crippen LogP contribution in [0, 0.1) is 0 Å². The molecule has 0 spiro atoms. The summed E-state index contributed by atoms with van der Waals surface area (Å²) in [6.07, 6.45) is 3.31. The van der Waals surface area contributed by atoms with Gasteiger partial charge >= 0.3 is 0 Å². The Morgan fingerprint density at radius 3 is 2.62 bits per heavy atom. The summed E-state index contributed by atoms with van der Waals surface area (Å²) in [5.41, 5.74) is 6.47. The Morgan fingerprint density at radius 1 is 1.04 bits per heavy atom. The Morgan fingerprint density at radius 2 is 1.83 bits per heavy atom. The van der Waals surface area contributed by atoms with Gasteiger partial charge in [0.1, 0.15) is 5.75 Å². The van der Waals surface area contributed by atoms with E-state index in [2.05, 4.69) is 47.0 Å². The number of aryl methyl sites for hydroxylation is 1. The molecule has 4 heteroatoms. The molecule has 0 fully saturated rings. The van der Waals surface area contributed by atoms with Crippen molar-refractivity contribution in [2.45, 2.75) is 25.3 Å². The van der Waals surface area contributed by atoms with Crippen molar-refractivity contribution in [3.63, 3.8) is 0 Å². The van der Waals surface area contributed by atoms with Gasteiger partial charge in [-0.1, -0.05) is 36.4 Å². The molecule has 1 unspecified atom stereocenters. The molecule has 1 heterocycles. The summed E-state index contributed by atoms with van der Waals surface area (Å²) in [4.78, 5) is 0. The highest BCUT2D eigenvalue weighted by Gasteiger charge is 2.29. The Bertz CT molecular complexity index is 811. The lowest BCUT2D eigenvalue weighted by atomic mass is 9.91. The lowest BCUT2D eigenvalue weighted by Gasteiger charge is -2.32. The van der Waals surface area contributed by atoms with Gasteiger partial charge in [0, 0.05) is 11.3 Å². The van der Waals surface area contributed by atoms with Crippen LogP contribution in [0.1, 0.15) is 35.6 Å². The van der Waals surface area contributed by atoms with Crippen LogP contribution >= 0.6 is 12.2 Å². The van der Waals surface area contributed by atoms with Gasteiger partial charge in [0.2, 0.25) is 0 Å². The summed E-state index contributed by atoms with van der Waals surface area (Å²) in [5, 5.41) is 7.55. The molecule has 2 aromatic rings. The van der Waals surface area contributed by atoms with Crippen LogP contribution in [0.25, 0.3) is 5.70 Å². The van der Waals surface area contributed by atoms with E-state index in [1.165, 1.54) is 28.0 Å². The van der Waals surface area contributed by atoms with Gasteiger partial charge in [-0.25, -0.2) is 0 Å². The van der Waals surface area contributed by atoms with Crippen molar-refractivity contribution in [3.05, 3.63) is 70.8 Å². The number of ether oxygens (including phenoxy) is 1. The highest BCUT2D eigenvalue weighted by Crippen LogP contribution is 2.38. The number of hydrogen-bond donors (Lipinski definition) is 2. The first-order chi connectivity index (χ1) is 11.8. The quantitative estimate of drug-likeness (QED) is 0.813. The second kappa shape index (κ2) is 6.29. The van der Waals surface area contributed by atoms with E-state index in [4.69, 9.17) is 17.0 Å². The molecule has 1 aliphatic carbocycles. The predicted octanol–water partition coefficient (Wildman–Crippen LogP) is 3.96. The number of thiocarbonyl (C=S) groups is 1. The van der Waals surface area contributed by atoms with Gasteiger partial charge in [0.05, 0.1) is 13.2 Å². The number of nitrogens with one attached hydrogen (secondary N) is 2. The third kappa shape index (κ3) is 2.67. The van der Waals surface area contributed by atoms with Crippen molar-refractivity contribution >= 4 is 23.0 Å². The largest absolute Gasteiger partial charge is 0.497 e. The summed E-state index contributed by atoms with van der Waals surface area (Å²) in [7, 11) is 1.69. The maximum absolute atomic E-state index is 5.49. The molecule has 2 aliphatic rings.